The van der Waals surface area contributed by atoms with Crippen molar-refractivity contribution in [2.24, 2.45) is 0 Å². The van der Waals surface area contributed by atoms with Gasteiger partial charge in [-0.2, -0.15) is 0 Å². The molecule has 0 aliphatic carbocycles. The van der Waals surface area contributed by atoms with E-state index in [4.69, 9.17) is 4.74 Å². The predicted octanol–water partition coefficient (Wildman–Crippen LogP) is 2.95. The normalized spacial score (nSPS) is 24.6. The highest BCUT2D eigenvalue weighted by molar-refractivity contribution is 7.13. The maximum atomic E-state index is 12.7. The van der Waals surface area contributed by atoms with E-state index >= 15 is 0 Å². The van der Waals surface area contributed by atoms with Crippen LogP contribution in [0, 0.1) is 6.92 Å². The molecule has 1 amide bonds. The Balaban J connectivity index is 1.48. The minimum absolute atomic E-state index is 0.162. The van der Waals surface area contributed by atoms with Gasteiger partial charge in [0, 0.05) is 24.5 Å². The number of hydrogen-bond donors (Lipinski definition) is 0. The standard InChI is InChI=1S/C19H22N2O2S/c1-14-7-8-18(24-14)19(22)20-9-10-21-16(11-20)12-23-13-17(21)15-5-3-2-4-6-15/h2-8,16-17H,9-13H2,1H3/t16-,17-/m1/s1. The van der Waals surface area contributed by atoms with E-state index in [1.807, 2.05) is 30.0 Å². The van der Waals surface area contributed by atoms with Gasteiger partial charge in [-0.25, -0.2) is 0 Å². The summed E-state index contributed by atoms with van der Waals surface area (Å²) in [4.78, 5) is 19.2. The van der Waals surface area contributed by atoms with E-state index in [9.17, 15) is 4.79 Å². The van der Waals surface area contributed by atoms with E-state index in [0.29, 0.717) is 12.6 Å². The van der Waals surface area contributed by atoms with E-state index in [-0.39, 0.29) is 11.9 Å². The predicted molar refractivity (Wildman–Crippen MR) is 95.5 cm³/mol. The lowest BCUT2D eigenvalue weighted by Gasteiger charge is -2.48. The van der Waals surface area contributed by atoms with Gasteiger partial charge in [0.1, 0.15) is 0 Å². The SMILES string of the molecule is Cc1ccc(C(=O)N2CCN3[C@@H](COC[C@@H]3c3ccccc3)C2)s1. The molecule has 0 saturated carbocycles. The summed E-state index contributed by atoms with van der Waals surface area (Å²) in [7, 11) is 0. The first-order valence-corrected chi connectivity index (χ1v) is 9.28. The molecule has 24 heavy (non-hydrogen) atoms. The number of carbonyl (C=O) groups is 1. The molecule has 0 bridgehead atoms. The Morgan fingerprint density at radius 1 is 1.12 bits per heavy atom. The summed E-state index contributed by atoms with van der Waals surface area (Å²) in [5, 5.41) is 0. The van der Waals surface area contributed by atoms with Crippen molar-refractivity contribution in [2.75, 3.05) is 32.8 Å². The summed E-state index contributed by atoms with van der Waals surface area (Å²) in [5.41, 5.74) is 1.30. The Hall–Kier alpha value is -1.69. The lowest BCUT2D eigenvalue weighted by molar-refractivity contribution is -0.0769. The molecule has 1 aromatic heterocycles. The van der Waals surface area contributed by atoms with Gasteiger partial charge in [0.05, 0.1) is 30.2 Å². The number of rotatable bonds is 2. The molecular weight excluding hydrogens is 320 g/mol. The number of hydrogen-bond acceptors (Lipinski definition) is 4. The number of morpholine rings is 1. The number of aryl methyl sites for hydroxylation is 1. The second kappa shape index (κ2) is 6.67. The largest absolute Gasteiger partial charge is 0.378 e. The maximum Gasteiger partial charge on any atom is 0.264 e. The third-order valence-electron chi connectivity index (χ3n) is 4.94. The van der Waals surface area contributed by atoms with Crippen LogP contribution in [-0.4, -0.2) is 54.6 Å². The Morgan fingerprint density at radius 2 is 1.96 bits per heavy atom. The Morgan fingerprint density at radius 3 is 2.71 bits per heavy atom. The summed E-state index contributed by atoms with van der Waals surface area (Å²) in [6, 6.07) is 15.1. The van der Waals surface area contributed by atoms with Gasteiger partial charge in [0.25, 0.3) is 5.91 Å². The number of ether oxygens (including phenoxy) is 1. The van der Waals surface area contributed by atoms with Crippen LogP contribution in [0.3, 0.4) is 0 Å². The molecular formula is C19H22N2O2S. The molecule has 2 atom stereocenters. The fourth-order valence-corrected chi connectivity index (χ4v) is 4.53. The smallest absolute Gasteiger partial charge is 0.264 e. The molecule has 2 aliphatic heterocycles. The molecule has 4 rings (SSSR count). The van der Waals surface area contributed by atoms with Gasteiger partial charge in [-0.3, -0.25) is 9.69 Å². The van der Waals surface area contributed by atoms with Crippen molar-refractivity contribution in [3.63, 3.8) is 0 Å². The van der Waals surface area contributed by atoms with Gasteiger partial charge >= 0.3 is 0 Å². The molecule has 2 aromatic rings. The highest BCUT2D eigenvalue weighted by Gasteiger charge is 2.37. The van der Waals surface area contributed by atoms with E-state index in [1.165, 1.54) is 10.4 Å². The fraction of sp³-hybridized carbons (Fsp3) is 0.421. The van der Waals surface area contributed by atoms with Crippen molar-refractivity contribution in [1.29, 1.82) is 0 Å². The molecule has 2 fully saturated rings. The van der Waals surface area contributed by atoms with Gasteiger partial charge in [0.15, 0.2) is 0 Å². The number of piperazine rings is 1. The molecule has 0 N–H and O–H groups in total. The van der Waals surface area contributed by atoms with Gasteiger partial charge < -0.3 is 9.64 Å². The van der Waals surface area contributed by atoms with Crippen LogP contribution in [0.25, 0.3) is 0 Å². The van der Waals surface area contributed by atoms with Crippen LogP contribution in [0.15, 0.2) is 42.5 Å². The van der Waals surface area contributed by atoms with Crippen LogP contribution in [0.1, 0.15) is 26.2 Å². The van der Waals surface area contributed by atoms with E-state index in [1.54, 1.807) is 11.3 Å². The minimum Gasteiger partial charge on any atom is -0.378 e. The molecule has 4 nitrogen and oxygen atoms in total. The third-order valence-corrected chi connectivity index (χ3v) is 5.93. The summed E-state index contributed by atoms with van der Waals surface area (Å²) >= 11 is 1.58. The number of carbonyl (C=O) groups excluding carboxylic acids is 1. The molecule has 126 valence electrons. The monoisotopic (exact) mass is 342 g/mol. The molecule has 0 spiro atoms. The zero-order valence-electron chi connectivity index (χ0n) is 13.9. The number of fused-ring (bicyclic) bond motifs is 1. The van der Waals surface area contributed by atoms with Crippen molar-refractivity contribution in [1.82, 2.24) is 9.80 Å². The van der Waals surface area contributed by atoms with Crippen LogP contribution < -0.4 is 0 Å². The summed E-state index contributed by atoms with van der Waals surface area (Å²) in [6.45, 7) is 5.92. The topological polar surface area (TPSA) is 32.8 Å². The van der Waals surface area contributed by atoms with Crippen LogP contribution in [-0.2, 0) is 4.74 Å². The molecule has 1 aromatic carbocycles. The van der Waals surface area contributed by atoms with E-state index in [2.05, 4.69) is 29.2 Å². The van der Waals surface area contributed by atoms with E-state index in [0.717, 1.165) is 31.1 Å². The highest BCUT2D eigenvalue weighted by Crippen LogP contribution is 2.30. The van der Waals surface area contributed by atoms with Crippen molar-refractivity contribution in [3.05, 3.63) is 57.8 Å². The summed E-state index contributed by atoms with van der Waals surface area (Å²) in [6.07, 6.45) is 0. The van der Waals surface area contributed by atoms with Crippen LogP contribution in [0.4, 0.5) is 0 Å². The number of benzene rings is 1. The first kappa shape index (κ1) is 15.8. The highest BCUT2D eigenvalue weighted by atomic mass is 32.1. The third kappa shape index (κ3) is 2.99. The van der Waals surface area contributed by atoms with Gasteiger partial charge in [-0.05, 0) is 24.6 Å². The van der Waals surface area contributed by atoms with Gasteiger partial charge in [-0.15, -0.1) is 11.3 Å². The summed E-state index contributed by atoms with van der Waals surface area (Å²) in [5.74, 6) is 0.162. The molecule has 5 heteroatoms. The zero-order valence-corrected chi connectivity index (χ0v) is 14.7. The van der Waals surface area contributed by atoms with Gasteiger partial charge in [0.2, 0.25) is 0 Å². The molecule has 2 aliphatic rings. The number of thiophene rings is 1. The Bertz CT molecular complexity index is 715. The number of amides is 1. The van der Waals surface area contributed by atoms with Crippen LogP contribution >= 0.6 is 11.3 Å². The first-order valence-electron chi connectivity index (χ1n) is 8.46. The lowest BCUT2D eigenvalue weighted by Crippen LogP contribution is -2.59. The number of nitrogens with zero attached hydrogens (tertiary/aromatic N) is 2. The molecule has 0 unspecified atom stereocenters. The molecule has 0 radical (unpaired) electrons. The van der Waals surface area contributed by atoms with Crippen LogP contribution in [0.5, 0.6) is 0 Å². The Labute approximate surface area is 146 Å². The van der Waals surface area contributed by atoms with Crippen molar-refractivity contribution >= 4 is 17.2 Å². The van der Waals surface area contributed by atoms with Crippen molar-refractivity contribution < 1.29 is 9.53 Å². The van der Waals surface area contributed by atoms with Crippen LogP contribution in [0.2, 0.25) is 0 Å². The average molecular weight is 342 g/mol. The summed E-state index contributed by atoms with van der Waals surface area (Å²) < 4.78 is 5.87. The molecule has 3 heterocycles. The van der Waals surface area contributed by atoms with E-state index < -0.39 is 0 Å². The zero-order chi connectivity index (χ0) is 16.5. The Kier molecular flexibility index (Phi) is 4.39. The van der Waals surface area contributed by atoms with Crippen molar-refractivity contribution in [3.8, 4) is 0 Å². The second-order valence-corrected chi connectivity index (χ2v) is 7.80. The second-order valence-electron chi connectivity index (χ2n) is 6.52. The quantitative estimate of drug-likeness (QED) is 0.841. The maximum absolute atomic E-state index is 12.7. The van der Waals surface area contributed by atoms with Gasteiger partial charge in [-0.1, -0.05) is 30.3 Å². The van der Waals surface area contributed by atoms with Crippen molar-refractivity contribution in [2.45, 2.75) is 19.0 Å². The molecule has 2 saturated heterocycles. The fourth-order valence-electron chi connectivity index (χ4n) is 3.69. The first-order chi connectivity index (χ1) is 11.7. The minimum atomic E-state index is 0.162. The average Bonchev–Trinajstić information content (AvgIpc) is 3.07. The lowest BCUT2D eigenvalue weighted by atomic mass is 10.00.